The van der Waals surface area contributed by atoms with E-state index in [2.05, 4.69) is 17.2 Å². The molecule has 1 fully saturated rings. The Morgan fingerprint density at radius 3 is 2.80 bits per heavy atom. The zero-order chi connectivity index (χ0) is 11.0. The minimum Gasteiger partial charge on any atom is -0.381 e. The van der Waals surface area contributed by atoms with E-state index in [0.29, 0.717) is 18.4 Å². The Kier molecular flexibility index (Phi) is 2.46. The number of nitrogens with one attached hydrogen (secondary N) is 1. The number of pyridine rings is 1. The molecular formula is C10H13F2N3. The fraction of sp³-hybridized carbons (Fsp3) is 0.500. The predicted molar refractivity (Wildman–Crippen MR) is 54.3 cm³/mol. The summed E-state index contributed by atoms with van der Waals surface area (Å²) in [5, 5.41) is 2.84. The molecule has 3 N–H and O–H groups in total. The van der Waals surface area contributed by atoms with Gasteiger partial charge in [-0.05, 0) is 18.3 Å². The van der Waals surface area contributed by atoms with Crippen LogP contribution in [0.5, 0.6) is 0 Å². The maximum absolute atomic E-state index is 13.2. The molecule has 82 valence electrons. The number of anilines is 2. The van der Waals surface area contributed by atoms with Crippen molar-refractivity contribution in [2.24, 2.45) is 11.8 Å². The van der Waals surface area contributed by atoms with E-state index >= 15 is 0 Å². The third-order valence-corrected chi connectivity index (χ3v) is 2.76. The number of hydrogen-bond acceptors (Lipinski definition) is 3. The predicted octanol–water partition coefficient (Wildman–Crippen LogP) is 2.01. The van der Waals surface area contributed by atoms with Crippen LogP contribution < -0.4 is 11.1 Å². The highest BCUT2D eigenvalue weighted by Crippen LogP contribution is 2.37. The lowest BCUT2D eigenvalue weighted by atomic mass is 10.3. The van der Waals surface area contributed by atoms with Gasteiger partial charge in [0.05, 0.1) is 0 Å². The van der Waals surface area contributed by atoms with E-state index in [1.54, 1.807) is 0 Å². The Hall–Kier alpha value is -1.39. The smallest absolute Gasteiger partial charge is 0.168 e. The largest absolute Gasteiger partial charge is 0.381 e. The molecule has 1 aliphatic carbocycles. The first kappa shape index (κ1) is 10.1. The second-order valence-electron chi connectivity index (χ2n) is 4.04. The second kappa shape index (κ2) is 3.64. The molecule has 0 aliphatic heterocycles. The van der Waals surface area contributed by atoms with E-state index in [1.807, 2.05) is 0 Å². The summed E-state index contributed by atoms with van der Waals surface area (Å²) in [5.41, 5.74) is 5.25. The third kappa shape index (κ3) is 2.16. The van der Waals surface area contributed by atoms with Crippen LogP contribution in [0.25, 0.3) is 0 Å². The van der Waals surface area contributed by atoms with Gasteiger partial charge in [-0.2, -0.15) is 0 Å². The molecule has 1 aromatic heterocycles. The summed E-state index contributed by atoms with van der Waals surface area (Å²) in [4.78, 5) is 3.61. The number of halogens is 2. The Morgan fingerprint density at radius 1 is 1.53 bits per heavy atom. The molecule has 0 spiro atoms. The van der Waals surface area contributed by atoms with Crippen LogP contribution in [0.4, 0.5) is 20.4 Å². The van der Waals surface area contributed by atoms with Gasteiger partial charge in [0.1, 0.15) is 0 Å². The number of nitrogen functional groups attached to an aromatic ring is 1. The van der Waals surface area contributed by atoms with E-state index < -0.39 is 11.6 Å². The number of aromatic nitrogens is 1. The summed E-state index contributed by atoms with van der Waals surface area (Å²) < 4.78 is 26.0. The maximum Gasteiger partial charge on any atom is 0.168 e. The Balaban J connectivity index is 2.04. The molecule has 2 rings (SSSR count). The summed E-state index contributed by atoms with van der Waals surface area (Å²) in [5.74, 6) is -0.514. The molecule has 15 heavy (non-hydrogen) atoms. The highest BCUT2D eigenvalue weighted by atomic mass is 19.1. The lowest BCUT2D eigenvalue weighted by Crippen LogP contribution is -2.09. The van der Waals surface area contributed by atoms with Crippen LogP contribution in [0, 0.1) is 23.5 Å². The minimum absolute atomic E-state index is 0.0352. The highest BCUT2D eigenvalue weighted by Gasteiger charge is 2.32. The Morgan fingerprint density at radius 2 is 2.20 bits per heavy atom. The van der Waals surface area contributed by atoms with Crippen molar-refractivity contribution in [1.82, 2.24) is 4.98 Å². The first-order valence-corrected chi connectivity index (χ1v) is 4.93. The normalized spacial score (nSPS) is 23.9. The van der Waals surface area contributed by atoms with Gasteiger partial charge < -0.3 is 11.1 Å². The van der Waals surface area contributed by atoms with Crippen molar-refractivity contribution >= 4 is 11.6 Å². The summed E-state index contributed by atoms with van der Waals surface area (Å²) >= 11 is 0. The quantitative estimate of drug-likeness (QED) is 0.807. The highest BCUT2D eigenvalue weighted by molar-refractivity contribution is 5.44. The SMILES string of the molecule is CC1CC1CNc1nc(N)c(F)cc1F. The van der Waals surface area contributed by atoms with Gasteiger partial charge in [0, 0.05) is 12.6 Å². The molecule has 2 atom stereocenters. The molecule has 1 heterocycles. The molecule has 1 aromatic rings. The van der Waals surface area contributed by atoms with Crippen molar-refractivity contribution in [2.75, 3.05) is 17.6 Å². The molecule has 2 unspecified atom stereocenters. The fourth-order valence-corrected chi connectivity index (χ4v) is 1.52. The minimum atomic E-state index is -0.821. The van der Waals surface area contributed by atoms with Gasteiger partial charge in [-0.15, -0.1) is 0 Å². The van der Waals surface area contributed by atoms with Gasteiger partial charge in [-0.3, -0.25) is 0 Å². The molecule has 1 saturated carbocycles. The van der Waals surface area contributed by atoms with E-state index in [9.17, 15) is 8.78 Å². The molecule has 0 amide bonds. The monoisotopic (exact) mass is 213 g/mol. The zero-order valence-corrected chi connectivity index (χ0v) is 8.43. The number of rotatable bonds is 3. The van der Waals surface area contributed by atoms with Crippen molar-refractivity contribution in [3.05, 3.63) is 17.7 Å². The van der Waals surface area contributed by atoms with E-state index in [1.165, 1.54) is 0 Å². The van der Waals surface area contributed by atoms with Crippen LogP contribution in [0.2, 0.25) is 0 Å². The van der Waals surface area contributed by atoms with Gasteiger partial charge in [-0.25, -0.2) is 13.8 Å². The van der Waals surface area contributed by atoms with Crippen molar-refractivity contribution in [2.45, 2.75) is 13.3 Å². The lowest BCUT2D eigenvalue weighted by molar-refractivity contribution is 0.578. The van der Waals surface area contributed by atoms with Gasteiger partial charge in [0.15, 0.2) is 23.3 Å². The summed E-state index contributed by atoms with van der Waals surface area (Å²) in [6.07, 6.45) is 1.14. The molecule has 0 radical (unpaired) electrons. The topological polar surface area (TPSA) is 50.9 Å². The summed E-state index contributed by atoms with van der Waals surface area (Å²) in [6.45, 7) is 2.80. The molecule has 1 aliphatic rings. The van der Waals surface area contributed by atoms with Crippen molar-refractivity contribution in [3.8, 4) is 0 Å². The van der Waals surface area contributed by atoms with E-state index in [0.717, 1.165) is 12.5 Å². The van der Waals surface area contributed by atoms with Crippen LogP contribution in [-0.2, 0) is 0 Å². The van der Waals surface area contributed by atoms with Crippen molar-refractivity contribution in [1.29, 1.82) is 0 Å². The van der Waals surface area contributed by atoms with Crippen molar-refractivity contribution in [3.63, 3.8) is 0 Å². The maximum atomic E-state index is 13.2. The Labute approximate surface area is 86.7 Å². The van der Waals surface area contributed by atoms with Crippen LogP contribution in [0.15, 0.2) is 6.07 Å². The first-order chi connectivity index (χ1) is 7.08. The number of nitrogens with two attached hydrogens (primary N) is 1. The number of nitrogens with zero attached hydrogens (tertiary/aromatic N) is 1. The van der Waals surface area contributed by atoms with Gasteiger partial charge in [0.2, 0.25) is 0 Å². The standard InChI is InChI=1S/C10H13F2N3/c1-5-2-6(5)4-14-10-8(12)3-7(11)9(13)15-10/h3,5-6H,2,4H2,1H3,(H3,13,14,15). The van der Waals surface area contributed by atoms with Crippen LogP contribution in [0.1, 0.15) is 13.3 Å². The molecule has 0 aromatic carbocycles. The third-order valence-electron chi connectivity index (χ3n) is 2.76. The summed E-state index contributed by atoms with van der Waals surface area (Å²) in [6, 6.07) is 0.751. The van der Waals surface area contributed by atoms with E-state index in [-0.39, 0.29) is 11.6 Å². The first-order valence-electron chi connectivity index (χ1n) is 4.93. The molecule has 3 nitrogen and oxygen atoms in total. The molecular weight excluding hydrogens is 200 g/mol. The van der Waals surface area contributed by atoms with Crippen LogP contribution in [-0.4, -0.2) is 11.5 Å². The molecule has 0 saturated heterocycles. The van der Waals surface area contributed by atoms with Gasteiger partial charge in [-0.1, -0.05) is 6.92 Å². The van der Waals surface area contributed by atoms with E-state index in [4.69, 9.17) is 5.73 Å². The molecule has 5 heteroatoms. The average Bonchev–Trinajstić information content (AvgIpc) is 2.86. The van der Waals surface area contributed by atoms with Gasteiger partial charge in [0.25, 0.3) is 0 Å². The molecule has 0 bridgehead atoms. The zero-order valence-electron chi connectivity index (χ0n) is 8.43. The lowest BCUT2D eigenvalue weighted by Gasteiger charge is -2.07. The van der Waals surface area contributed by atoms with Gasteiger partial charge >= 0.3 is 0 Å². The summed E-state index contributed by atoms with van der Waals surface area (Å²) in [7, 11) is 0. The Bertz CT molecular complexity index is 381. The second-order valence-corrected chi connectivity index (χ2v) is 4.04. The number of hydrogen-bond donors (Lipinski definition) is 2. The van der Waals surface area contributed by atoms with Crippen molar-refractivity contribution < 1.29 is 8.78 Å². The van der Waals surface area contributed by atoms with Crippen LogP contribution >= 0.6 is 0 Å². The van der Waals surface area contributed by atoms with Crippen LogP contribution in [0.3, 0.4) is 0 Å². The fourth-order valence-electron chi connectivity index (χ4n) is 1.52. The average molecular weight is 213 g/mol.